The fourth-order valence-corrected chi connectivity index (χ4v) is 2.71. The molecule has 0 aromatic heterocycles. The van der Waals surface area contributed by atoms with Crippen LogP contribution in [0, 0.1) is 0 Å². The van der Waals surface area contributed by atoms with Crippen molar-refractivity contribution in [3.63, 3.8) is 0 Å². The Hall–Kier alpha value is -2.14. The van der Waals surface area contributed by atoms with Gasteiger partial charge in [-0.15, -0.1) is 11.8 Å². The highest BCUT2D eigenvalue weighted by Gasteiger charge is 2.04. The van der Waals surface area contributed by atoms with Crippen molar-refractivity contribution in [1.29, 1.82) is 0 Å². The lowest BCUT2D eigenvalue weighted by molar-refractivity contribution is -0.115. The average Bonchev–Trinajstić information content (AvgIpc) is 2.55. The number of carbonyl (C=O) groups is 1. The summed E-state index contributed by atoms with van der Waals surface area (Å²) in [6, 6.07) is 15.1. The van der Waals surface area contributed by atoms with Gasteiger partial charge in [0.05, 0.1) is 14.2 Å². The van der Waals surface area contributed by atoms with Gasteiger partial charge < -0.3 is 14.8 Å². The highest BCUT2D eigenvalue weighted by Crippen LogP contribution is 2.22. The molecule has 0 radical (unpaired) electrons. The molecule has 0 saturated carbocycles. The van der Waals surface area contributed by atoms with Gasteiger partial charge in [0.1, 0.15) is 11.5 Å². The number of amides is 1. The van der Waals surface area contributed by atoms with Crippen molar-refractivity contribution in [3.05, 3.63) is 48.5 Å². The molecule has 0 saturated heterocycles. The Balaban J connectivity index is 1.77. The van der Waals surface area contributed by atoms with E-state index in [1.54, 1.807) is 32.0 Å². The van der Waals surface area contributed by atoms with Crippen LogP contribution in [0.15, 0.2) is 53.4 Å². The molecule has 0 bridgehead atoms. The number of carbonyl (C=O) groups excluding carboxylic acids is 1. The average molecular weight is 317 g/mol. The summed E-state index contributed by atoms with van der Waals surface area (Å²) in [4.78, 5) is 13.0. The molecular weight excluding hydrogens is 298 g/mol. The van der Waals surface area contributed by atoms with Gasteiger partial charge in [-0.3, -0.25) is 4.79 Å². The first-order valence-corrected chi connectivity index (χ1v) is 7.90. The van der Waals surface area contributed by atoms with Crippen LogP contribution in [0.25, 0.3) is 0 Å². The number of ether oxygens (including phenoxy) is 2. The minimum Gasteiger partial charge on any atom is -0.497 e. The molecule has 2 aromatic carbocycles. The molecule has 1 N–H and O–H groups in total. The maximum absolute atomic E-state index is 11.9. The summed E-state index contributed by atoms with van der Waals surface area (Å²) in [5, 5.41) is 2.87. The normalized spacial score (nSPS) is 10.1. The number of nitrogens with one attached hydrogen (secondary N) is 1. The van der Waals surface area contributed by atoms with Gasteiger partial charge in [-0.25, -0.2) is 0 Å². The molecule has 0 fully saturated rings. The third-order valence-corrected chi connectivity index (χ3v) is 4.02. The molecule has 116 valence electrons. The van der Waals surface area contributed by atoms with E-state index in [-0.39, 0.29) is 5.91 Å². The van der Waals surface area contributed by atoms with Gasteiger partial charge in [0, 0.05) is 28.8 Å². The predicted octanol–water partition coefficient (Wildman–Crippen LogP) is 3.82. The van der Waals surface area contributed by atoms with E-state index in [0.29, 0.717) is 6.42 Å². The number of methoxy groups -OCH3 is 2. The number of benzene rings is 2. The molecule has 5 heteroatoms. The molecule has 2 rings (SSSR count). The molecular formula is C17H19NO3S. The van der Waals surface area contributed by atoms with E-state index in [2.05, 4.69) is 5.32 Å². The Morgan fingerprint density at radius 2 is 1.77 bits per heavy atom. The Morgan fingerprint density at radius 3 is 2.45 bits per heavy atom. The lowest BCUT2D eigenvalue weighted by Gasteiger charge is -2.07. The van der Waals surface area contributed by atoms with Crippen molar-refractivity contribution >= 4 is 23.4 Å². The van der Waals surface area contributed by atoms with E-state index in [9.17, 15) is 4.79 Å². The van der Waals surface area contributed by atoms with Crippen molar-refractivity contribution < 1.29 is 14.3 Å². The Labute approximate surface area is 134 Å². The number of hydrogen-bond acceptors (Lipinski definition) is 4. The van der Waals surface area contributed by atoms with Gasteiger partial charge in [0.15, 0.2) is 0 Å². The maximum atomic E-state index is 11.9. The molecule has 0 heterocycles. The number of anilines is 1. The summed E-state index contributed by atoms with van der Waals surface area (Å²) < 4.78 is 10.2. The third kappa shape index (κ3) is 5.00. The van der Waals surface area contributed by atoms with Crippen LogP contribution in [0.3, 0.4) is 0 Å². The van der Waals surface area contributed by atoms with Crippen LogP contribution >= 0.6 is 11.8 Å². The summed E-state index contributed by atoms with van der Waals surface area (Å²) in [5.41, 5.74) is 0.749. The van der Waals surface area contributed by atoms with Crippen molar-refractivity contribution in [1.82, 2.24) is 0 Å². The first kappa shape index (κ1) is 16.2. The monoisotopic (exact) mass is 317 g/mol. The minimum atomic E-state index is -0.00531. The second-order valence-corrected chi connectivity index (χ2v) is 5.72. The molecule has 0 aliphatic rings. The predicted molar refractivity (Wildman–Crippen MR) is 90.0 cm³/mol. The maximum Gasteiger partial charge on any atom is 0.225 e. The van der Waals surface area contributed by atoms with E-state index < -0.39 is 0 Å². The van der Waals surface area contributed by atoms with Gasteiger partial charge in [0.2, 0.25) is 5.91 Å². The second-order valence-electron chi connectivity index (χ2n) is 4.55. The van der Waals surface area contributed by atoms with Crippen LogP contribution < -0.4 is 14.8 Å². The zero-order chi connectivity index (χ0) is 15.8. The summed E-state index contributed by atoms with van der Waals surface area (Å²) in [6.45, 7) is 0. The Kier molecular flexibility index (Phi) is 6.15. The van der Waals surface area contributed by atoms with E-state index >= 15 is 0 Å². The first-order chi connectivity index (χ1) is 10.7. The molecule has 0 spiro atoms. The van der Waals surface area contributed by atoms with Crippen molar-refractivity contribution in [3.8, 4) is 11.5 Å². The highest BCUT2D eigenvalue weighted by molar-refractivity contribution is 7.99. The molecule has 0 atom stereocenters. The smallest absolute Gasteiger partial charge is 0.225 e. The van der Waals surface area contributed by atoms with Crippen LogP contribution in [-0.2, 0) is 4.79 Å². The van der Waals surface area contributed by atoms with Crippen molar-refractivity contribution in [2.75, 3.05) is 25.3 Å². The van der Waals surface area contributed by atoms with Gasteiger partial charge in [-0.2, -0.15) is 0 Å². The zero-order valence-electron chi connectivity index (χ0n) is 12.7. The lowest BCUT2D eigenvalue weighted by Crippen LogP contribution is -2.12. The van der Waals surface area contributed by atoms with E-state index in [4.69, 9.17) is 9.47 Å². The van der Waals surface area contributed by atoms with Crippen LogP contribution in [0.2, 0.25) is 0 Å². The Morgan fingerprint density at radius 1 is 1.05 bits per heavy atom. The van der Waals surface area contributed by atoms with E-state index in [1.165, 1.54) is 0 Å². The zero-order valence-corrected chi connectivity index (χ0v) is 13.5. The van der Waals surface area contributed by atoms with Gasteiger partial charge >= 0.3 is 0 Å². The SMILES string of the molecule is COc1ccc(SCCC(=O)Nc2cccc(OC)c2)cc1. The van der Waals surface area contributed by atoms with Gasteiger partial charge in [0.25, 0.3) is 0 Å². The van der Waals surface area contributed by atoms with E-state index in [1.807, 2.05) is 42.5 Å². The molecule has 22 heavy (non-hydrogen) atoms. The minimum absolute atomic E-state index is 0.00531. The third-order valence-electron chi connectivity index (χ3n) is 3.01. The molecule has 4 nitrogen and oxygen atoms in total. The van der Waals surface area contributed by atoms with Crippen LogP contribution in [0.5, 0.6) is 11.5 Å². The lowest BCUT2D eigenvalue weighted by atomic mass is 10.3. The standard InChI is InChI=1S/C17H19NO3S/c1-20-14-6-8-16(9-7-14)22-11-10-17(19)18-13-4-3-5-15(12-13)21-2/h3-9,12H,10-11H2,1-2H3,(H,18,19). The summed E-state index contributed by atoms with van der Waals surface area (Å²) in [6.07, 6.45) is 0.452. The molecule has 1 amide bonds. The second kappa shape index (κ2) is 8.34. The summed E-state index contributed by atoms with van der Waals surface area (Å²) in [5.74, 6) is 2.28. The van der Waals surface area contributed by atoms with Crippen LogP contribution in [0.4, 0.5) is 5.69 Å². The topological polar surface area (TPSA) is 47.6 Å². The summed E-state index contributed by atoms with van der Waals surface area (Å²) in [7, 11) is 3.25. The molecule has 0 aliphatic carbocycles. The number of rotatable bonds is 7. The van der Waals surface area contributed by atoms with Crippen molar-refractivity contribution in [2.45, 2.75) is 11.3 Å². The van der Waals surface area contributed by atoms with Crippen molar-refractivity contribution in [2.24, 2.45) is 0 Å². The number of thioether (sulfide) groups is 1. The fraction of sp³-hybridized carbons (Fsp3) is 0.235. The fourth-order valence-electron chi connectivity index (χ4n) is 1.86. The highest BCUT2D eigenvalue weighted by atomic mass is 32.2. The van der Waals surface area contributed by atoms with Gasteiger partial charge in [-0.1, -0.05) is 6.07 Å². The van der Waals surface area contributed by atoms with E-state index in [0.717, 1.165) is 27.8 Å². The molecule has 0 unspecified atom stereocenters. The quantitative estimate of drug-likeness (QED) is 0.789. The van der Waals surface area contributed by atoms with Crippen LogP contribution in [0.1, 0.15) is 6.42 Å². The molecule has 2 aromatic rings. The van der Waals surface area contributed by atoms with Crippen LogP contribution in [-0.4, -0.2) is 25.9 Å². The summed E-state index contributed by atoms with van der Waals surface area (Å²) >= 11 is 1.65. The van der Waals surface area contributed by atoms with Gasteiger partial charge in [-0.05, 0) is 36.4 Å². The Bertz CT molecular complexity index is 614. The largest absolute Gasteiger partial charge is 0.497 e. The number of hydrogen-bond donors (Lipinski definition) is 1. The first-order valence-electron chi connectivity index (χ1n) is 6.92. The molecule has 0 aliphatic heterocycles.